The maximum atomic E-state index is 13.6. The molecule has 2 aliphatic heterocycles. The Morgan fingerprint density at radius 3 is 2.06 bits per heavy atom. The number of rotatable bonds is 4. The van der Waals surface area contributed by atoms with Gasteiger partial charge >= 0.3 is 6.03 Å². The molecule has 1 aliphatic carbocycles. The zero-order chi connectivity index (χ0) is 21.8. The summed E-state index contributed by atoms with van der Waals surface area (Å²) in [6, 6.07) is 23.5. The van der Waals surface area contributed by atoms with Crippen molar-refractivity contribution in [3.8, 4) is 0 Å². The van der Waals surface area contributed by atoms with Crippen LogP contribution in [0.1, 0.15) is 21.6 Å². The third kappa shape index (κ3) is 2.72. The van der Waals surface area contributed by atoms with Crippen LogP contribution in [0.15, 0.2) is 85.1 Å². The van der Waals surface area contributed by atoms with Gasteiger partial charge in [0.05, 0.1) is 18.1 Å². The fraction of sp³-hybridized carbons (Fsp3) is 0.231. The highest BCUT2D eigenvalue weighted by Crippen LogP contribution is 2.43. The van der Waals surface area contributed by atoms with Crippen molar-refractivity contribution < 1.29 is 9.59 Å². The van der Waals surface area contributed by atoms with E-state index in [2.05, 4.69) is 6.08 Å². The summed E-state index contributed by atoms with van der Waals surface area (Å²) in [5.74, 6) is 0.00307. The monoisotopic (exact) mass is 424 g/mol. The Bertz CT molecular complexity index is 1220. The third-order valence-corrected chi connectivity index (χ3v) is 6.91. The normalized spacial score (nSPS) is 23.8. The van der Waals surface area contributed by atoms with Crippen molar-refractivity contribution in [3.05, 3.63) is 102 Å². The van der Waals surface area contributed by atoms with Crippen LogP contribution < -0.4 is 0 Å². The van der Waals surface area contributed by atoms with Gasteiger partial charge in [0.1, 0.15) is 5.69 Å². The lowest BCUT2D eigenvalue weighted by molar-refractivity contribution is 0.0592. The molecule has 0 saturated carbocycles. The third-order valence-electron chi connectivity index (χ3n) is 6.91. The number of carbonyl (C=O) groups is 2. The van der Waals surface area contributed by atoms with E-state index in [-0.39, 0.29) is 30.1 Å². The molecule has 0 unspecified atom stereocenters. The Morgan fingerprint density at radius 2 is 1.41 bits per heavy atom. The molecule has 0 N–H and O–H groups in total. The Hall–Kier alpha value is -3.80. The summed E-state index contributed by atoms with van der Waals surface area (Å²) in [6.07, 6.45) is 4.13. The van der Waals surface area contributed by atoms with Crippen molar-refractivity contribution in [2.24, 2.45) is 0 Å². The minimum absolute atomic E-state index is 0.00307. The van der Waals surface area contributed by atoms with Crippen molar-refractivity contribution in [1.29, 1.82) is 0 Å². The van der Waals surface area contributed by atoms with E-state index in [1.165, 1.54) is 0 Å². The highest BCUT2D eigenvalue weighted by atomic mass is 16.2. The van der Waals surface area contributed by atoms with Crippen LogP contribution in [0.25, 0.3) is 5.70 Å². The van der Waals surface area contributed by atoms with Gasteiger partial charge in [-0.1, -0.05) is 60.7 Å². The van der Waals surface area contributed by atoms with E-state index in [4.69, 9.17) is 0 Å². The Morgan fingerprint density at radius 1 is 0.781 bits per heavy atom. The molecule has 6 heteroatoms. The van der Waals surface area contributed by atoms with Gasteiger partial charge in [0.15, 0.2) is 0 Å². The predicted molar refractivity (Wildman–Crippen MR) is 122 cm³/mol. The number of carbonyl (C=O) groups excluding carboxylic acids is 2. The van der Waals surface area contributed by atoms with Gasteiger partial charge in [-0.3, -0.25) is 4.79 Å². The summed E-state index contributed by atoms with van der Waals surface area (Å²) in [4.78, 5) is 32.6. The van der Waals surface area contributed by atoms with E-state index in [1.54, 1.807) is 0 Å². The summed E-state index contributed by atoms with van der Waals surface area (Å²) in [5.41, 5.74) is 3.91. The summed E-state index contributed by atoms with van der Waals surface area (Å²) >= 11 is 0. The lowest BCUT2D eigenvalue weighted by Crippen LogP contribution is -2.55. The number of likely N-dealkylation sites (N-methyl/N-ethyl adjacent to an activating group) is 1. The highest BCUT2D eigenvalue weighted by Gasteiger charge is 2.56. The topological polar surface area (TPSA) is 48.8 Å². The van der Waals surface area contributed by atoms with Crippen molar-refractivity contribution in [1.82, 2.24) is 19.3 Å². The molecule has 3 amide bonds. The number of hydrogen-bond donors (Lipinski definition) is 0. The van der Waals surface area contributed by atoms with E-state index in [0.717, 1.165) is 16.8 Å². The highest BCUT2D eigenvalue weighted by molar-refractivity contribution is 5.98. The van der Waals surface area contributed by atoms with Crippen molar-refractivity contribution >= 4 is 17.6 Å². The molecule has 6 rings (SSSR count). The fourth-order valence-corrected chi connectivity index (χ4v) is 5.41. The van der Waals surface area contributed by atoms with Gasteiger partial charge < -0.3 is 19.3 Å². The van der Waals surface area contributed by atoms with E-state index in [1.807, 2.05) is 105 Å². The predicted octanol–water partition coefficient (Wildman–Crippen LogP) is 3.67. The number of fused-ring (bicyclic) bond motifs is 5. The SMILES string of the molecule is CN1C(=O)N(Cc2ccccc2)[C@@H]2[C@H]1C=C1[C@H]2N(Cc2ccccc2)C(=O)c2cccn21. The Kier molecular flexibility index (Phi) is 4.21. The van der Waals surface area contributed by atoms with Crippen LogP contribution in [0.4, 0.5) is 4.79 Å². The van der Waals surface area contributed by atoms with Crippen LogP contribution in [0.3, 0.4) is 0 Å². The second-order valence-corrected chi connectivity index (χ2v) is 8.71. The van der Waals surface area contributed by atoms with Gasteiger partial charge in [0.2, 0.25) is 0 Å². The van der Waals surface area contributed by atoms with Gasteiger partial charge in [-0.25, -0.2) is 4.79 Å². The number of nitrogens with zero attached hydrogens (tertiary/aromatic N) is 4. The minimum atomic E-state index is -0.204. The summed E-state index contributed by atoms with van der Waals surface area (Å²) in [5, 5.41) is 0. The van der Waals surface area contributed by atoms with Gasteiger partial charge in [-0.15, -0.1) is 0 Å². The second-order valence-electron chi connectivity index (χ2n) is 8.71. The molecule has 0 bridgehead atoms. The first kappa shape index (κ1) is 18.9. The molecule has 3 atom stereocenters. The first-order valence-corrected chi connectivity index (χ1v) is 10.9. The van der Waals surface area contributed by atoms with E-state index >= 15 is 0 Å². The molecule has 0 spiro atoms. The average Bonchev–Trinajstić information content (AvgIpc) is 3.50. The van der Waals surface area contributed by atoms with Gasteiger partial charge in [-0.05, 0) is 29.3 Å². The molecule has 160 valence electrons. The van der Waals surface area contributed by atoms with E-state index < -0.39 is 0 Å². The average molecular weight is 425 g/mol. The second kappa shape index (κ2) is 7.12. The lowest BCUT2D eigenvalue weighted by Gasteiger charge is -2.41. The fourth-order valence-electron chi connectivity index (χ4n) is 5.41. The first-order valence-electron chi connectivity index (χ1n) is 10.9. The van der Waals surface area contributed by atoms with Crippen molar-refractivity contribution in [2.75, 3.05) is 7.05 Å². The largest absolute Gasteiger partial charge is 0.322 e. The number of urea groups is 1. The number of aromatic nitrogens is 1. The quantitative estimate of drug-likeness (QED) is 0.642. The molecule has 0 radical (unpaired) electrons. The number of benzene rings is 2. The molecule has 3 aliphatic rings. The lowest BCUT2D eigenvalue weighted by atomic mass is 10.0. The molecule has 32 heavy (non-hydrogen) atoms. The summed E-state index contributed by atoms with van der Waals surface area (Å²) < 4.78 is 2.01. The molecule has 1 fully saturated rings. The zero-order valence-corrected chi connectivity index (χ0v) is 17.8. The first-order chi connectivity index (χ1) is 15.6. The summed E-state index contributed by atoms with van der Waals surface area (Å²) in [6.45, 7) is 1.03. The van der Waals surface area contributed by atoms with Crippen LogP contribution in [0.2, 0.25) is 0 Å². The number of amides is 3. The van der Waals surface area contributed by atoms with Crippen LogP contribution in [-0.4, -0.2) is 56.4 Å². The van der Waals surface area contributed by atoms with Crippen LogP contribution in [0.5, 0.6) is 0 Å². The molecule has 1 aromatic heterocycles. The van der Waals surface area contributed by atoms with Gasteiger partial charge in [0, 0.05) is 32.0 Å². The van der Waals surface area contributed by atoms with E-state index in [9.17, 15) is 9.59 Å². The smallest absolute Gasteiger partial charge is 0.321 e. The van der Waals surface area contributed by atoms with E-state index in [0.29, 0.717) is 18.8 Å². The molecule has 2 aromatic carbocycles. The Labute approximate surface area is 187 Å². The molecule has 1 saturated heterocycles. The maximum absolute atomic E-state index is 13.6. The molecular formula is C26H24N4O2. The molecular weight excluding hydrogens is 400 g/mol. The maximum Gasteiger partial charge on any atom is 0.321 e. The number of hydrogen-bond acceptors (Lipinski definition) is 2. The molecule has 3 aromatic rings. The molecule has 6 nitrogen and oxygen atoms in total. The van der Waals surface area contributed by atoms with Gasteiger partial charge in [-0.2, -0.15) is 0 Å². The summed E-state index contributed by atoms with van der Waals surface area (Å²) in [7, 11) is 1.86. The van der Waals surface area contributed by atoms with Crippen molar-refractivity contribution in [3.63, 3.8) is 0 Å². The standard InChI is InChI=1S/C26H24N4O2/c1-27-21-15-22-24(23(21)30(26(27)32)17-19-11-6-3-7-12-19)29(16-18-9-4-2-5-10-18)25(31)20-13-8-14-28(20)22/h2-15,21,23-24H,16-17H2,1H3/t21-,23-,24-/m1/s1. The van der Waals surface area contributed by atoms with Crippen LogP contribution in [0, 0.1) is 0 Å². The molecule has 3 heterocycles. The van der Waals surface area contributed by atoms with Crippen LogP contribution >= 0.6 is 0 Å². The minimum Gasteiger partial charge on any atom is -0.322 e. The zero-order valence-electron chi connectivity index (χ0n) is 17.8. The van der Waals surface area contributed by atoms with Crippen molar-refractivity contribution in [2.45, 2.75) is 31.2 Å². The Balaban J connectivity index is 1.44. The van der Waals surface area contributed by atoms with Gasteiger partial charge in [0.25, 0.3) is 5.91 Å². The van der Waals surface area contributed by atoms with Crippen LogP contribution in [-0.2, 0) is 13.1 Å².